The van der Waals surface area contributed by atoms with Crippen LogP contribution >= 0.6 is 0 Å². The van der Waals surface area contributed by atoms with Crippen LogP contribution in [-0.2, 0) is 0 Å². The zero-order chi connectivity index (χ0) is 19.9. The predicted molar refractivity (Wildman–Crippen MR) is 114 cm³/mol. The van der Waals surface area contributed by atoms with Gasteiger partial charge in [0.15, 0.2) is 5.82 Å². The first-order chi connectivity index (χ1) is 13.6. The average Bonchev–Trinajstić information content (AvgIpc) is 2.71. The summed E-state index contributed by atoms with van der Waals surface area (Å²) >= 11 is 0. The molecule has 0 aliphatic rings. The summed E-state index contributed by atoms with van der Waals surface area (Å²) in [4.78, 5) is 6.82. The topological polar surface area (TPSA) is 75.2 Å². The maximum atomic E-state index is 5.25. The minimum absolute atomic E-state index is 0.437. The molecule has 146 valence electrons. The number of aromatic nitrogens is 3. The molecule has 1 aromatic heterocycles. The number of ether oxygens (including phenoxy) is 1. The standard InChI is InChI=1S/C21H26N6O/c1-5-27(6-2)17-10-11-19(15(3)12-17)24-21-25-20(14-22-26-21)23-16-8-7-9-18(13-16)28-4/h7-14H,5-6H2,1-4H3,(H2,23,24,25,26). The largest absolute Gasteiger partial charge is 0.497 e. The number of benzene rings is 2. The van der Waals surface area contributed by atoms with E-state index in [2.05, 4.69) is 69.7 Å². The molecule has 0 spiro atoms. The number of anilines is 5. The van der Waals surface area contributed by atoms with Crippen LogP contribution in [0.3, 0.4) is 0 Å². The van der Waals surface area contributed by atoms with Crippen LogP contribution in [0, 0.1) is 6.92 Å². The van der Waals surface area contributed by atoms with Gasteiger partial charge in [-0.25, -0.2) is 0 Å². The summed E-state index contributed by atoms with van der Waals surface area (Å²) in [7, 11) is 1.64. The van der Waals surface area contributed by atoms with Crippen LogP contribution in [0.5, 0.6) is 5.75 Å². The van der Waals surface area contributed by atoms with Crippen molar-refractivity contribution in [2.75, 3.05) is 35.7 Å². The number of rotatable bonds is 8. The Morgan fingerprint density at radius 3 is 2.57 bits per heavy atom. The Morgan fingerprint density at radius 1 is 1.04 bits per heavy atom. The van der Waals surface area contributed by atoms with Gasteiger partial charge >= 0.3 is 0 Å². The van der Waals surface area contributed by atoms with Crippen molar-refractivity contribution in [1.82, 2.24) is 15.2 Å². The molecular weight excluding hydrogens is 352 g/mol. The minimum atomic E-state index is 0.437. The molecular formula is C21H26N6O. The smallest absolute Gasteiger partial charge is 0.249 e. The zero-order valence-electron chi connectivity index (χ0n) is 16.7. The first kappa shape index (κ1) is 19.4. The monoisotopic (exact) mass is 378 g/mol. The summed E-state index contributed by atoms with van der Waals surface area (Å²) in [5.74, 6) is 1.81. The Bertz CT molecular complexity index is 926. The molecule has 28 heavy (non-hydrogen) atoms. The number of hydrogen-bond donors (Lipinski definition) is 2. The molecule has 2 aromatic carbocycles. The molecule has 0 amide bonds. The van der Waals surface area contributed by atoms with Gasteiger partial charge in [-0.15, -0.1) is 5.10 Å². The van der Waals surface area contributed by atoms with E-state index in [1.54, 1.807) is 13.3 Å². The Kier molecular flexibility index (Phi) is 6.26. The Labute approximate surface area is 165 Å². The first-order valence-corrected chi connectivity index (χ1v) is 9.36. The summed E-state index contributed by atoms with van der Waals surface area (Å²) in [6.07, 6.45) is 1.58. The van der Waals surface area contributed by atoms with Gasteiger partial charge in [0.05, 0.1) is 13.3 Å². The lowest BCUT2D eigenvalue weighted by Crippen LogP contribution is -2.21. The average molecular weight is 378 g/mol. The molecule has 0 aliphatic heterocycles. The maximum absolute atomic E-state index is 5.25. The summed E-state index contributed by atoms with van der Waals surface area (Å²) in [5.41, 5.74) is 4.15. The zero-order valence-corrected chi connectivity index (χ0v) is 16.7. The Morgan fingerprint density at radius 2 is 1.86 bits per heavy atom. The molecule has 7 nitrogen and oxygen atoms in total. The lowest BCUT2D eigenvalue weighted by atomic mass is 10.1. The normalized spacial score (nSPS) is 10.4. The van der Waals surface area contributed by atoms with Crippen LogP contribution in [0.2, 0.25) is 0 Å². The third-order valence-electron chi connectivity index (χ3n) is 4.49. The number of nitrogens with zero attached hydrogens (tertiary/aromatic N) is 4. The van der Waals surface area contributed by atoms with Crippen molar-refractivity contribution in [3.63, 3.8) is 0 Å². The number of hydrogen-bond acceptors (Lipinski definition) is 7. The Balaban J connectivity index is 1.75. The SMILES string of the molecule is CCN(CC)c1ccc(Nc2nncc(Nc3cccc(OC)c3)n2)c(C)c1. The van der Waals surface area contributed by atoms with Gasteiger partial charge in [-0.3, -0.25) is 0 Å². The molecule has 3 rings (SSSR count). The van der Waals surface area contributed by atoms with Gasteiger partial charge < -0.3 is 20.3 Å². The molecule has 0 atom stereocenters. The summed E-state index contributed by atoms with van der Waals surface area (Å²) in [5, 5.41) is 14.6. The summed E-state index contributed by atoms with van der Waals surface area (Å²) < 4.78 is 5.25. The minimum Gasteiger partial charge on any atom is -0.497 e. The molecule has 1 heterocycles. The van der Waals surface area contributed by atoms with Crippen LogP contribution in [0.25, 0.3) is 0 Å². The van der Waals surface area contributed by atoms with Gasteiger partial charge in [0.1, 0.15) is 5.75 Å². The number of methoxy groups -OCH3 is 1. The molecule has 3 aromatic rings. The van der Waals surface area contributed by atoms with Crippen LogP contribution < -0.4 is 20.3 Å². The van der Waals surface area contributed by atoms with Gasteiger partial charge in [-0.1, -0.05) is 6.07 Å². The molecule has 7 heteroatoms. The van der Waals surface area contributed by atoms with E-state index in [9.17, 15) is 0 Å². The van der Waals surface area contributed by atoms with E-state index in [-0.39, 0.29) is 0 Å². The lowest BCUT2D eigenvalue weighted by Gasteiger charge is -2.22. The fraction of sp³-hybridized carbons (Fsp3) is 0.286. The van der Waals surface area contributed by atoms with Crippen LogP contribution in [0.4, 0.5) is 28.8 Å². The van der Waals surface area contributed by atoms with E-state index in [0.717, 1.165) is 35.8 Å². The van der Waals surface area contributed by atoms with E-state index in [4.69, 9.17) is 4.74 Å². The van der Waals surface area contributed by atoms with Gasteiger partial charge in [0, 0.05) is 36.2 Å². The van der Waals surface area contributed by atoms with Gasteiger partial charge in [-0.05, 0) is 56.7 Å². The summed E-state index contributed by atoms with van der Waals surface area (Å²) in [6, 6.07) is 14.0. The third-order valence-corrected chi connectivity index (χ3v) is 4.49. The van der Waals surface area contributed by atoms with Crippen molar-refractivity contribution in [2.45, 2.75) is 20.8 Å². The second-order valence-electron chi connectivity index (χ2n) is 6.32. The quantitative estimate of drug-likeness (QED) is 0.597. The molecule has 0 radical (unpaired) electrons. The number of nitrogens with one attached hydrogen (secondary N) is 2. The highest BCUT2D eigenvalue weighted by molar-refractivity contribution is 5.65. The van der Waals surface area contributed by atoms with Crippen molar-refractivity contribution in [2.24, 2.45) is 0 Å². The van der Waals surface area contributed by atoms with Crippen molar-refractivity contribution < 1.29 is 4.74 Å². The number of aryl methyl sites for hydroxylation is 1. The van der Waals surface area contributed by atoms with E-state index < -0.39 is 0 Å². The van der Waals surface area contributed by atoms with Crippen molar-refractivity contribution in [1.29, 1.82) is 0 Å². The van der Waals surface area contributed by atoms with Gasteiger partial charge in [0.25, 0.3) is 0 Å². The van der Waals surface area contributed by atoms with E-state index in [1.807, 2.05) is 24.3 Å². The fourth-order valence-electron chi connectivity index (χ4n) is 2.96. The molecule has 0 saturated heterocycles. The van der Waals surface area contributed by atoms with Crippen LogP contribution in [0.15, 0.2) is 48.7 Å². The molecule has 0 unspecified atom stereocenters. The molecule has 0 saturated carbocycles. The van der Waals surface area contributed by atoms with Gasteiger partial charge in [-0.2, -0.15) is 10.1 Å². The van der Waals surface area contributed by atoms with Crippen molar-refractivity contribution in [3.05, 3.63) is 54.2 Å². The lowest BCUT2D eigenvalue weighted by molar-refractivity contribution is 0.415. The Hall–Kier alpha value is -3.35. The second kappa shape index (κ2) is 9.03. The first-order valence-electron chi connectivity index (χ1n) is 9.36. The van der Waals surface area contributed by atoms with E-state index in [1.165, 1.54) is 5.69 Å². The van der Waals surface area contributed by atoms with E-state index >= 15 is 0 Å². The molecule has 0 aliphatic carbocycles. The van der Waals surface area contributed by atoms with Crippen molar-refractivity contribution in [3.8, 4) is 5.75 Å². The van der Waals surface area contributed by atoms with Gasteiger partial charge in [0.2, 0.25) is 5.95 Å². The predicted octanol–water partition coefficient (Wildman–Crippen LogP) is 4.52. The van der Waals surface area contributed by atoms with Crippen LogP contribution in [-0.4, -0.2) is 35.4 Å². The fourth-order valence-corrected chi connectivity index (χ4v) is 2.96. The van der Waals surface area contributed by atoms with Crippen molar-refractivity contribution >= 4 is 28.8 Å². The highest BCUT2D eigenvalue weighted by atomic mass is 16.5. The molecule has 0 bridgehead atoms. The summed E-state index contributed by atoms with van der Waals surface area (Å²) in [6.45, 7) is 8.35. The van der Waals surface area contributed by atoms with E-state index in [0.29, 0.717) is 11.8 Å². The highest BCUT2D eigenvalue weighted by Gasteiger charge is 2.08. The third kappa shape index (κ3) is 4.68. The maximum Gasteiger partial charge on any atom is 0.249 e. The molecule has 2 N–H and O–H groups in total. The van der Waals surface area contributed by atoms with Crippen LogP contribution in [0.1, 0.15) is 19.4 Å². The second-order valence-corrected chi connectivity index (χ2v) is 6.32. The molecule has 0 fully saturated rings. The highest BCUT2D eigenvalue weighted by Crippen LogP contribution is 2.25.